The number of carboxylic acids is 1. The molecule has 0 spiro atoms. The maximum Gasteiger partial charge on any atom is 0.304 e. The minimum Gasteiger partial charge on any atom is -0.497 e. The minimum absolute atomic E-state index is 0.122. The quantitative estimate of drug-likeness (QED) is 0.287. The van der Waals surface area contributed by atoms with Crippen LogP contribution in [-0.4, -0.2) is 25.3 Å². The molecule has 1 aliphatic carbocycles. The normalized spacial score (nSPS) is 17.5. The Hall–Kier alpha value is -3.38. The van der Waals surface area contributed by atoms with Crippen LogP contribution in [0.1, 0.15) is 75.3 Å². The Bertz CT molecular complexity index is 1340. The van der Waals surface area contributed by atoms with Crippen LogP contribution in [0.15, 0.2) is 54.6 Å². The van der Waals surface area contributed by atoms with Crippen molar-refractivity contribution in [1.82, 2.24) is 0 Å². The first-order valence-corrected chi connectivity index (χ1v) is 13.5. The van der Waals surface area contributed by atoms with E-state index in [0.29, 0.717) is 23.7 Å². The fraction of sp³-hybridized carbons (Fsp3) is 0.424. The molecule has 0 bridgehead atoms. The summed E-state index contributed by atoms with van der Waals surface area (Å²) < 4.78 is 32.6. The number of aliphatic carboxylic acids is 1. The Balaban J connectivity index is 1.68. The predicted octanol–water partition coefficient (Wildman–Crippen LogP) is 7.88. The summed E-state index contributed by atoms with van der Waals surface area (Å²) in [5.74, 6) is 0.186. The van der Waals surface area contributed by atoms with Crippen LogP contribution in [-0.2, 0) is 28.0 Å². The topological polar surface area (TPSA) is 65.0 Å². The van der Waals surface area contributed by atoms with Gasteiger partial charge in [0.1, 0.15) is 23.9 Å². The summed E-state index contributed by atoms with van der Waals surface area (Å²) in [7, 11) is 3.24. The van der Waals surface area contributed by atoms with Crippen molar-refractivity contribution in [2.24, 2.45) is 5.41 Å². The van der Waals surface area contributed by atoms with E-state index in [1.54, 1.807) is 26.4 Å². The number of methoxy groups -OCH3 is 2. The minimum atomic E-state index is -0.775. The zero-order valence-electron chi connectivity index (χ0n) is 23.8. The lowest BCUT2D eigenvalue weighted by Gasteiger charge is -2.32. The number of hydrogen-bond donors (Lipinski definition) is 1. The van der Waals surface area contributed by atoms with Gasteiger partial charge in [-0.25, -0.2) is 4.39 Å². The Morgan fingerprint density at radius 3 is 2.41 bits per heavy atom. The highest BCUT2D eigenvalue weighted by molar-refractivity contribution is 5.71. The summed E-state index contributed by atoms with van der Waals surface area (Å²) in [6, 6.07) is 16.7. The van der Waals surface area contributed by atoms with Crippen LogP contribution in [0.25, 0.3) is 11.1 Å². The highest BCUT2D eigenvalue weighted by atomic mass is 19.1. The maximum absolute atomic E-state index is 15.0. The molecule has 208 valence electrons. The van der Waals surface area contributed by atoms with Crippen molar-refractivity contribution in [1.29, 1.82) is 0 Å². The molecule has 0 saturated heterocycles. The SMILES string of the molecule is CCC1(CC(=O)O)CCc2ccc(OCc3ccc(-c4cc(OC)ccc4F)c(C(OC)C(C)(C)C)c3)cc21. The average Bonchev–Trinajstić information content (AvgIpc) is 3.25. The molecule has 0 aromatic heterocycles. The standard InChI is InChI=1S/C33H39FO5/c1-7-33(19-30(35)36)15-14-22-9-10-24(18-28(22)33)39-20-21-8-12-25(26-17-23(37-5)11-13-29(26)34)27(16-21)31(38-6)32(2,3)4/h8-13,16-18,31H,7,14-15,19-20H2,1-6H3,(H,35,36). The molecular weight excluding hydrogens is 495 g/mol. The van der Waals surface area contributed by atoms with Gasteiger partial charge in [0.15, 0.2) is 0 Å². The highest BCUT2D eigenvalue weighted by Crippen LogP contribution is 2.46. The van der Waals surface area contributed by atoms with E-state index in [2.05, 4.69) is 33.8 Å². The molecule has 3 aromatic rings. The van der Waals surface area contributed by atoms with Crippen LogP contribution in [0.2, 0.25) is 0 Å². The third-order valence-corrected chi connectivity index (χ3v) is 7.98. The molecule has 4 rings (SSSR count). The summed E-state index contributed by atoms with van der Waals surface area (Å²) in [5.41, 5.74) is 4.69. The van der Waals surface area contributed by atoms with E-state index in [1.165, 1.54) is 11.6 Å². The van der Waals surface area contributed by atoms with Gasteiger partial charge >= 0.3 is 5.97 Å². The van der Waals surface area contributed by atoms with Gasteiger partial charge in [-0.1, -0.05) is 45.9 Å². The molecule has 0 amide bonds. The van der Waals surface area contributed by atoms with E-state index >= 15 is 4.39 Å². The molecule has 0 heterocycles. The molecule has 6 heteroatoms. The summed E-state index contributed by atoms with van der Waals surface area (Å²) in [4.78, 5) is 11.6. The number of aryl methyl sites for hydroxylation is 1. The number of fused-ring (bicyclic) bond motifs is 1. The average molecular weight is 535 g/mol. The summed E-state index contributed by atoms with van der Waals surface area (Å²) >= 11 is 0. The summed E-state index contributed by atoms with van der Waals surface area (Å²) in [6.07, 6.45) is 2.32. The lowest BCUT2D eigenvalue weighted by molar-refractivity contribution is -0.138. The van der Waals surface area contributed by atoms with Crippen molar-refractivity contribution >= 4 is 5.97 Å². The van der Waals surface area contributed by atoms with Gasteiger partial charge in [0.2, 0.25) is 0 Å². The van der Waals surface area contributed by atoms with Gasteiger partial charge in [-0.05, 0) is 88.9 Å². The molecule has 0 radical (unpaired) electrons. The molecule has 3 aromatic carbocycles. The molecule has 0 fully saturated rings. The number of benzene rings is 3. The van der Waals surface area contributed by atoms with Crippen molar-refractivity contribution < 1.29 is 28.5 Å². The fourth-order valence-electron chi connectivity index (χ4n) is 5.95. The lowest BCUT2D eigenvalue weighted by Crippen LogP contribution is -2.25. The van der Waals surface area contributed by atoms with Gasteiger partial charge in [-0.2, -0.15) is 0 Å². The Labute approximate surface area is 230 Å². The second kappa shape index (κ2) is 11.4. The molecule has 5 nitrogen and oxygen atoms in total. The van der Waals surface area contributed by atoms with Crippen LogP contribution in [0.4, 0.5) is 4.39 Å². The van der Waals surface area contributed by atoms with Crippen molar-refractivity contribution in [3.8, 4) is 22.6 Å². The van der Waals surface area contributed by atoms with Crippen molar-refractivity contribution in [2.75, 3.05) is 14.2 Å². The van der Waals surface area contributed by atoms with Crippen LogP contribution in [0.3, 0.4) is 0 Å². The van der Waals surface area contributed by atoms with E-state index in [0.717, 1.165) is 41.5 Å². The third-order valence-electron chi connectivity index (χ3n) is 7.98. The first kappa shape index (κ1) is 28.6. The zero-order valence-corrected chi connectivity index (χ0v) is 23.8. The molecule has 2 atom stereocenters. The van der Waals surface area contributed by atoms with E-state index in [1.807, 2.05) is 30.3 Å². The summed E-state index contributed by atoms with van der Waals surface area (Å²) in [6.45, 7) is 8.65. The van der Waals surface area contributed by atoms with Gasteiger partial charge in [-0.3, -0.25) is 4.79 Å². The number of carboxylic acid groups (broad SMARTS) is 1. The van der Waals surface area contributed by atoms with Crippen LogP contribution >= 0.6 is 0 Å². The highest BCUT2D eigenvalue weighted by Gasteiger charge is 2.39. The Morgan fingerprint density at radius 1 is 1.03 bits per heavy atom. The van der Waals surface area contributed by atoms with Crippen molar-refractivity contribution in [3.05, 3.63) is 82.7 Å². The predicted molar refractivity (Wildman–Crippen MR) is 151 cm³/mol. The van der Waals surface area contributed by atoms with E-state index in [9.17, 15) is 9.90 Å². The molecule has 1 aliphatic rings. The Kier molecular flexibility index (Phi) is 8.36. The second-order valence-corrected chi connectivity index (χ2v) is 11.6. The first-order valence-electron chi connectivity index (χ1n) is 13.5. The first-order chi connectivity index (χ1) is 18.5. The van der Waals surface area contributed by atoms with Crippen LogP contribution in [0.5, 0.6) is 11.5 Å². The van der Waals surface area contributed by atoms with Crippen LogP contribution < -0.4 is 9.47 Å². The lowest BCUT2D eigenvalue weighted by atomic mass is 9.76. The van der Waals surface area contributed by atoms with E-state index in [4.69, 9.17) is 14.2 Å². The number of halogens is 1. The monoisotopic (exact) mass is 534 g/mol. The van der Waals surface area contributed by atoms with Crippen molar-refractivity contribution in [3.63, 3.8) is 0 Å². The number of hydrogen-bond acceptors (Lipinski definition) is 4. The number of ether oxygens (including phenoxy) is 3. The number of rotatable bonds is 10. The van der Waals surface area contributed by atoms with Gasteiger partial charge in [0, 0.05) is 18.1 Å². The van der Waals surface area contributed by atoms with Gasteiger partial charge in [-0.15, -0.1) is 0 Å². The zero-order chi connectivity index (χ0) is 28.4. The second-order valence-electron chi connectivity index (χ2n) is 11.6. The molecule has 39 heavy (non-hydrogen) atoms. The van der Waals surface area contributed by atoms with E-state index in [-0.39, 0.29) is 29.2 Å². The van der Waals surface area contributed by atoms with Gasteiger partial charge < -0.3 is 19.3 Å². The molecule has 0 saturated carbocycles. The molecule has 1 N–H and O–H groups in total. The van der Waals surface area contributed by atoms with Crippen molar-refractivity contribution in [2.45, 2.75) is 71.5 Å². The smallest absolute Gasteiger partial charge is 0.304 e. The molecule has 0 aliphatic heterocycles. The summed E-state index contributed by atoms with van der Waals surface area (Å²) in [5, 5.41) is 9.54. The third kappa shape index (κ3) is 5.96. The number of carbonyl (C=O) groups is 1. The molecular formula is C33H39FO5. The van der Waals surface area contributed by atoms with Gasteiger partial charge in [0.05, 0.1) is 19.6 Å². The van der Waals surface area contributed by atoms with E-state index < -0.39 is 5.97 Å². The fourth-order valence-corrected chi connectivity index (χ4v) is 5.95. The Morgan fingerprint density at radius 2 is 1.77 bits per heavy atom. The van der Waals surface area contributed by atoms with Crippen LogP contribution in [0, 0.1) is 11.2 Å². The largest absolute Gasteiger partial charge is 0.497 e. The molecule has 2 unspecified atom stereocenters. The van der Waals surface area contributed by atoms with Gasteiger partial charge in [0.25, 0.3) is 0 Å². The maximum atomic E-state index is 15.0.